The second kappa shape index (κ2) is 16.5. The summed E-state index contributed by atoms with van der Waals surface area (Å²) in [7, 11) is 0. The molecule has 0 aliphatic rings. The van der Waals surface area contributed by atoms with Crippen LogP contribution in [0.3, 0.4) is 0 Å². The lowest BCUT2D eigenvalue weighted by molar-refractivity contribution is 0.0274. The van der Waals surface area contributed by atoms with Gasteiger partial charge in [-0.25, -0.2) is 0 Å². The van der Waals surface area contributed by atoms with Crippen molar-refractivity contribution in [2.24, 2.45) is 9.98 Å². The number of hydrogen-bond donors (Lipinski definition) is 1. The molecule has 0 aromatic heterocycles. The van der Waals surface area contributed by atoms with Gasteiger partial charge in [-0.15, -0.1) is 0 Å². The molecule has 0 radical (unpaired) electrons. The molecule has 2 aromatic rings. The van der Waals surface area contributed by atoms with E-state index in [4.69, 9.17) is 14.6 Å². The zero-order chi connectivity index (χ0) is 24.4. The second-order valence-corrected chi connectivity index (χ2v) is 8.00. The normalized spacial score (nSPS) is 11.9. The Kier molecular flexibility index (Phi) is 13.2. The molecular weight excluding hydrogens is 424 g/mol. The SMILES string of the molecule is C=C/C(=C\C=C(C)C)C/N=C/c1cccc(/C=N/Cc2ccc(COCCOCCO)cc2)c1. The van der Waals surface area contributed by atoms with Gasteiger partial charge in [-0.1, -0.05) is 72.8 Å². The van der Waals surface area contributed by atoms with E-state index in [9.17, 15) is 0 Å². The lowest BCUT2D eigenvalue weighted by Crippen LogP contribution is -2.07. The fourth-order valence-corrected chi connectivity index (χ4v) is 2.91. The summed E-state index contributed by atoms with van der Waals surface area (Å²) in [5.74, 6) is 0. The standard InChI is InChI=1S/C29H36N2O3/c1-4-25(9-8-24(2)3)19-30-21-28-6-5-7-29(18-28)22-31-20-26-10-12-27(13-11-26)23-34-17-16-33-15-14-32/h4-13,18,21-22,32H,1,14-17,19-20,23H2,2-3H3/b25-9+,30-21+,31-22+. The van der Waals surface area contributed by atoms with Crippen LogP contribution in [0.15, 0.2) is 94.5 Å². The van der Waals surface area contributed by atoms with Gasteiger partial charge in [-0.05, 0) is 47.7 Å². The van der Waals surface area contributed by atoms with Crippen molar-refractivity contribution in [2.75, 3.05) is 33.0 Å². The van der Waals surface area contributed by atoms with Crippen molar-refractivity contribution in [2.45, 2.75) is 27.0 Å². The lowest BCUT2D eigenvalue weighted by atomic mass is 10.1. The first-order valence-electron chi connectivity index (χ1n) is 11.5. The highest BCUT2D eigenvalue weighted by atomic mass is 16.5. The topological polar surface area (TPSA) is 63.4 Å². The number of aliphatic hydroxyl groups excluding tert-OH is 1. The number of allylic oxidation sites excluding steroid dienone is 3. The molecule has 180 valence electrons. The van der Waals surface area contributed by atoms with Gasteiger partial charge in [0.05, 0.1) is 46.1 Å². The fourth-order valence-electron chi connectivity index (χ4n) is 2.91. The molecule has 0 heterocycles. The summed E-state index contributed by atoms with van der Waals surface area (Å²) >= 11 is 0. The van der Waals surface area contributed by atoms with Crippen LogP contribution in [0.4, 0.5) is 0 Å². The van der Waals surface area contributed by atoms with Crippen molar-refractivity contribution in [3.63, 3.8) is 0 Å². The molecule has 0 fully saturated rings. The number of nitrogens with zero attached hydrogens (tertiary/aromatic N) is 2. The molecular formula is C29H36N2O3. The Morgan fingerprint density at radius 2 is 1.56 bits per heavy atom. The minimum absolute atomic E-state index is 0.0372. The quantitative estimate of drug-likeness (QED) is 0.222. The maximum Gasteiger partial charge on any atom is 0.0718 e. The predicted molar refractivity (Wildman–Crippen MR) is 142 cm³/mol. The molecule has 0 saturated heterocycles. The van der Waals surface area contributed by atoms with E-state index in [1.165, 1.54) is 5.57 Å². The average Bonchev–Trinajstić information content (AvgIpc) is 2.84. The summed E-state index contributed by atoms with van der Waals surface area (Å²) in [6.45, 7) is 11.1. The monoisotopic (exact) mass is 460 g/mol. The summed E-state index contributed by atoms with van der Waals surface area (Å²) < 4.78 is 10.7. The zero-order valence-corrected chi connectivity index (χ0v) is 20.3. The Morgan fingerprint density at radius 1 is 0.882 bits per heavy atom. The van der Waals surface area contributed by atoms with Gasteiger partial charge >= 0.3 is 0 Å². The second-order valence-electron chi connectivity index (χ2n) is 8.00. The van der Waals surface area contributed by atoms with E-state index in [2.05, 4.69) is 72.9 Å². The summed E-state index contributed by atoms with van der Waals surface area (Å²) in [6.07, 6.45) is 9.75. The molecule has 2 aromatic carbocycles. The van der Waals surface area contributed by atoms with Crippen LogP contribution in [0.1, 0.15) is 36.1 Å². The number of rotatable bonds is 15. The molecule has 0 aliphatic carbocycles. The van der Waals surface area contributed by atoms with Crippen LogP contribution in [0.2, 0.25) is 0 Å². The number of benzene rings is 2. The maximum absolute atomic E-state index is 8.66. The molecule has 0 atom stereocenters. The van der Waals surface area contributed by atoms with Crippen LogP contribution in [-0.2, 0) is 22.6 Å². The lowest BCUT2D eigenvalue weighted by Gasteiger charge is -2.05. The molecule has 5 heteroatoms. The molecule has 2 rings (SSSR count). The first kappa shape index (κ1) is 27.1. The molecule has 1 N–H and O–H groups in total. The molecule has 0 amide bonds. The van der Waals surface area contributed by atoms with Crippen LogP contribution >= 0.6 is 0 Å². The van der Waals surface area contributed by atoms with E-state index in [0.717, 1.165) is 27.8 Å². The van der Waals surface area contributed by atoms with Crippen LogP contribution in [0, 0.1) is 0 Å². The summed E-state index contributed by atoms with van der Waals surface area (Å²) in [4.78, 5) is 9.12. The molecule has 5 nitrogen and oxygen atoms in total. The van der Waals surface area contributed by atoms with Gasteiger partial charge < -0.3 is 14.6 Å². The van der Waals surface area contributed by atoms with E-state index in [0.29, 0.717) is 39.5 Å². The third-order valence-corrected chi connectivity index (χ3v) is 4.73. The number of hydrogen-bond acceptors (Lipinski definition) is 5. The van der Waals surface area contributed by atoms with Gasteiger partial charge in [0, 0.05) is 12.4 Å². The highest BCUT2D eigenvalue weighted by Crippen LogP contribution is 2.08. The fraction of sp³-hybridized carbons (Fsp3) is 0.310. The maximum atomic E-state index is 8.66. The average molecular weight is 461 g/mol. The third kappa shape index (κ3) is 11.7. The van der Waals surface area contributed by atoms with Gasteiger partial charge in [0.15, 0.2) is 0 Å². The number of ether oxygens (including phenoxy) is 2. The van der Waals surface area contributed by atoms with Gasteiger partial charge in [0.2, 0.25) is 0 Å². The van der Waals surface area contributed by atoms with E-state index >= 15 is 0 Å². The number of aliphatic hydroxyl groups is 1. The Labute approximate surface area is 203 Å². The van der Waals surface area contributed by atoms with E-state index in [1.54, 1.807) is 0 Å². The van der Waals surface area contributed by atoms with Crippen LogP contribution < -0.4 is 0 Å². The smallest absolute Gasteiger partial charge is 0.0718 e. The Morgan fingerprint density at radius 3 is 2.24 bits per heavy atom. The highest BCUT2D eigenvalue weighted by Gasteiger charge is 1.97. The minimum atomic E-state index is 0.0372. The molecule has 0 unspecified atom stereocenters. The zero-order valence-electron chi connectivity index (χ0n) is 20.3. The largest absolute Gasteiger partial charge is 0.394 e. The van der Waals surface area contributed by atoms with Gasteiger partial charge in [-0.3, -0.25) is 9.98 Å². The molecule has 0 saturated carbocycles. The van der Waals surface area contributed by atoms with Gasteiger partial charge in [0.1, 0.15) is 0 Å². The first-order valence-corrected chi connectivity index (χ1v) is 11.5. The van der Waals surface area contributed by atoms with E-state index in [-0.39, 0.29) is 6.61 Å². The Balaban J connectivity index is 1.81. The predicted octanol–water partition coefficient (Wildman–Crippen LogP) is 5.33. The van der Waals surface area contributed by atoms with Crippen molar-refractivity contribution in [1.29, 1.82) is 0 Å². The molecule has 0 aliphatic heterocycles. The van der Waals surface area contributed by atoms with Crippen molar-refractivity contribution in [1.82, 2.24) is 0 Å². The van der Waals surface area contributed by atoms with Gasteiger partial charge in [0.25, 0.3) is 0 Å². The minimum Gasteiger partial charge on any atom is -0.394 e. The van der Waals surface area contributed by atoms with Crippen LogP contribution in [0.25, 0.3) is 0 Å². The highest BCUT2D eigenvalue weighted by molar-refractivity contribution is 5.86. The van der Waals surface area contributed by atoms with Crippen molar-refractivity contribution in [3.05, 3.63) is 107 Å². The van der Waals surface area contributed by atoms with Gasteiger partial charge in [-0.2, -0.15) is 0 Å². The van der Waals surface area contributed by atoms with Crippen molar-refractivity contribution in [3.8, 4) is 0 Å². The van der Waals surface area contributed by atoms with E-state index < -0.39 is 0 Å². The summed E-state index contributed by atoms with van der Waals surface area (Å²) in [5, 5.41) is 8.66. The van der Waals surface area contributed by atoms with Crippen LogP contribution in [0.5, 0.6) is 0 Å². The Bertz CT molecular complexity index is 985. The van der Waals surface area contributed by atoms with E-state index in [1.807, 2.05) is 36.7 Å². The summed E-state index contributed by atoms with van der Waals surface area (Å²) in [6, 6.07) is 16.4. The molecule has 0 bridgehead atoms. The first-order chi connectivity index (χ1) is 16.6. The van der Waals surface area contributed by atoms with Crippen molar-refractivity contribution < 1.29 is 14.6 Å². The Hall–Kier alpha value is -3.12. The van der Waals surface area contributed by atoms with Crippen LogP contribution in [-0.4, -0.2) is 50.5 Å². The number of aliphatic imine (C=N–C) groups is 2. The molecule has 34 heavy (non-hydrogen) atoms. The summed E-state index contributed by atoms with van der Waals surface area (Å²) in [5.41, 5.74) is 6.67. The third-order valence-electron chi connectivity index (χ3n) is 4.73. The van der Waals surface area contributed by atoms with Crippen molar-refractivity contribution >= 4 is 12.4 Å². The molecule has 0 spiro atoms.